The first-order valence-electron chi connectivity index (χ1n) is 18.2. The van der Waals surface area contributed by atoms with Gasteiger partial charge >= 0.3 is 0 Å². The fraction of sp³-hybridized carbons (Fsp3) is 0.816. The maximum atomic E-state index is 16.1. The number of aliphatic hydroxyl groups is 1. The summed E-state index contributed by atoms with van der Waals surface area (Å²) in [5.41, 5.74) is 1.87. The van der Waals surface area contributed by atoms with Crippen molar-refractivity contribution in [2.45, 2.75) is 147 Å². The van der Waals surface area contributed by atoms with Crippen molar-refractivity contribution in [3.05, 3.63) is 29.3 Å². The molecular formula is C38H58FNO3. The van der Waals surface area contributed by atoms with Crippen LogP contribution in [0.15, 0.2) is 18.2 Å². The molecule has 0 aromatic heterocycles. The molecule has 1 aromatic rings. The lowest BCUT2D eigenvalue weighted by Gasteiger charge is -2.54. The number of aromatic hydroxyl groups is 1. The average molecular weight is 596 g/mol. The third-order valence-electron chi connectivity index (χ3n) is 13.1. The van der Waals surface area contributed by atoms with Gasteiger partial charge in [-0.05, 0) is 116 Å². The highest BCUT2D eigenvalue weighted by molar-refractivity contribution is 5.76. The molecule has 5 aliphatic carbocycles. The summed E-state index contributed by atoms with van der Waals surface area (Å²) in [4.78, 5) is 15.8. The van der Waals surface area contributed by atoms with Gasteiger partial charge in [0.05, 0.1) is 6.10 Å². The number of unbranched alkanes of at least 4 members (excludes halogenated alkanes) is 1. The molecule has 4 fully saturated rings. The van der Waals surface area contributed by atoms with Crippen molar-refractivity contribution in [2.24, 2.45) is 35.0 Å². The molecule has 5 aliphatic rings. The monoisotopic (exact) mass is 595 g/mol. The van der Waals surface area contributed by atoms with Crippen LogP contribution in [0, 0.1) is 35.0 Å². The van der Waals surface area contributed by atoms with Gasteiger partial charge in [-0.3, -0.25) is 4.79 Å². The molecule has 7 atom stereocenters. The zero-order chi connectivity index (χ0) is 30.0. The number of nitrogens with zero attached hydrogens (tertiary/aromatic N) is 1. The van der Waals surface area contributed by atoms with Crippen LogP contribution in [0.25, 0.3) is 0 Å². The zero-order valence-electron chi connectivity index (χ0n) is 26.8. The molecule has 0 bridgehead atoms. The summed E-state index contributed by atoms with van der Waals surface area (Å²) in [5, 5.41) is 21.2. The molecule has 0 spiro atoms. The second kappa shape index (κ2) is 13.8. The van der Waals surface area contributed by atoms with E-state index < -0.39 is 12.3 Å². The molecule has 4 saturated carbocycles. The number of aliphatic hydroxyl groups excluding tert-OH is 1. The van der Waals surface area contributed by atoms with Crippen LogP contribution in [0.1, 0.15) is 140 Å². The summed E-state index contributed by atoms with van der Waals surface area (Å²) in [7, 11) is 0. The Hall–Kier alpha value is -1.62. The number of rotatable bonds is 10. The van der Waals surface area contributed by atoms with Crippen LogP contribution in [-0.4, -0.2) is 46.4 Å². The van der Waals surface area contributed by atoms with Crippen LogP contribution in [0.3, 0.4) is 0 Å². The van der Waals surface area contributed by atoms with Gasteiger partial charge in [0.1, 0.15) is 11.9 Å². The molecule has 43 heavy (non-hydrogen) atoms. The number of carbonyl (C=O) groups is 1. The predicted molar refractivity (Wildman–Crippen MR) is 171 cm³/mol. The van der Waals surface area contributed by atoms with Crippen LogP contribution < -0.4 is 0 Å². The van der Waals surface area contributed by atoms with Gasteiger partial charge in [-0.25, -0.2) is 4.39 Å². The number of amides is 1. The minimum atomic E-state index is -0.960. The quantitative estimate of drug-likeness (QED) is 0.266. The van der Waals surface area contributed by atoms with Crippen LogP contribution in [0.4, 0.5) is 4.39 Å². The molecule has 5 heteroatoms. The summed E-state index contributed by atoms with van der Waals surface area (Å²) in [5.74, 6) is 2.84. The molecule has 240 valence electrons. The Kier molecular flexibility index (Phi) is 10.1. The molecule has 0 unspecified atom stereocenters. The number of phenols is 1. The number of alkyl halides is 1. The van der Waals surface area contributed by atoms with Gasteiger partial charge in [0.2, 0.25) is 5.91 Å². The zero-order valence-corrected chi connectivity index (χ0v) is 26.8. The Morgan fingerprint density at radius 2 is 1.67 bits per heavy atom. The average Bonchev–Trinajstić information content (AvgIpc) is 3.31. The summed E-state index contributed by atoms with van der Waals surface area (Å²) < 4.78 is 16.1. The highest BCUT2D eigenvalue weighted by atomic mass is 19.1. The van der Waals surface area contributed by atoms with Crippen molar-refractivity contribution in [2.75, 3.05) is 13.1 Å². The van der Waals surface area contributed by atoms with Crippen LogP contribution >= 0.6 is 0 Å². The Labute approximate surface area is 260 Å². The van der Waals surface area contributed by atoms with E-state index in [0.29, 0.717) is 36.5 Å². The van der Waals surface area contributed by atoms with Crippen molar-refractivity contribution in [3.63, 3.8) is 0 Å². The molecular weight excluding hydrogens is 537 g/mol. The molecule has 4 nitrogen and oxygen atoms in total. The fourth-order valence-corrected chi connectivity index (χ4v) is 10.7. The summed E-state index contributed by atoms with van der Waals surface area (Å²) in [6, 6.07) is 5.58. The van der Waals surface area contributed by atoms with Crippen LogP contribution in [-0.2, 0) is 11.2 Å². The summed E-state index contributed by atoms with van der Waals surface area (Å²) in [6.07, 6.45) is 19.7. The Morgan fingerprint density at radius 3 is 2.42 bits per heavy atom. The van der Waals surface area contributed by atoms with Crippen LogP contribution in [0.2, 0.25) is 0 Å². The lowest BCUT2D eigenvalue weighted by molar-refractivity contribution is -0.132. The first kappa shape index (κ1) is 31.4. The number of carbonyl (C=O) groups excluding carboxylic acids is 1. The molecule has 0 aliphatic heterocycles. The minimum Gasteiger partial charge on any atom is -0.508 e. The van der Waals surface area contributed by atoms with Crippen molar-refractivity contribution in [3.8, 4) is 5.75 Å². The van der Waals surface area contributed by atoms with E-state index in [1.165, 1.54) is 64.2 Å². The SMILES string of the molecule is C[C@]12C[C@H](F)[C@@H]3c4ccc(O)cc4C[C@@H](CCCCN(CC4CCCCC4)C(=O)CCC4CCCCC4)[C@H]3[C@@H]1CC[C@@H]2O. The first-order valence-corrected chi connectivity index (χ1v) is 18.2. The van der Waals surface area contributed by atoms with Gasteiger partial charge < -0.3 is 15.1 Å². The number of phenolic OH excluding ortho intramolecular Hbond substituents is 1. The third-order valence-corrected chi connectivity index (χ3v) is 13.1. The van der Waals surface area contributed by atoms with Crippen molar-refractivity contribution < 1.29 is 19.4 Å². The van der Waals surface area contributed by atoms with Crippen molar-refractivity contribution in [1.29, 1.82) is 0 Å². The fourth-order valence-electron chi connectivity index (χ4n) is 10.7. The predicted octanol–water partition coefficient (Wildman–Crippen LogP) is 8.72. The topological polar surface area (TPSA) is 60.8 Å². The largest absolute Gasteiger partial charge is 0.508 e. The maximum Gasteiger partial charge on any atom is 0.222 e. The van der Waals surface area contributed by atoms with Crippen molar-refractivity contribution >= 4 is 5.91 Å². The van der Waals surface area contributed by atoms with Gasteiger partial charge in [0, 0.05) is 25.4 Å². The van der Waals surface area contributed by atoms with Crippen molar-refractivity contribution in [1.82, 2.24) is 4.90 Å². The van der Waals surface area contributed by atoms with Gasteiger partial charge in [0.15, 0.2) is 0 Å². The minimum absolute atomic E-state index is 0.137. The first-order chi connectivity index (χ1) is 20.8. The smallest absolute Gasteiger partial charge is 0.222 e. The highest BCUT2D eigenvalue weighted by Crippen LogP contribution is 2.63. The summed E-state index contributed by atoms with van der Waals surface area (Å²) in [6.45, 7) is 3.93. The number of benzene rings is 1. The normalized spacial score (nSPS) is 34.8. The van der Waals surface area contributed by atoms with E-state index in [2.05, 4.69) is 11.8 Å². The lowest BCUT2D eigenvalue weighted by atomic mass is 9.51. The number of halogens is 1. The second-order valence-electron chi connectivity index (χ2n) is 15.8. The Bertz CT molecular complexity index is 1080. The van der Waals surface area contributed by atoms with Gasteiger partial charge in [-0.15, -0.1) is 0 Å². The molecule has 0 saturated heterocycles. The maximum absolute atomic E-state index is 16.1. The number of fused-ring (bicyclic) bond motifs is 5. The molecule has 0 heterocycles. The molecule has 6 rings (SSSR count). The van der Waals surface area contributed by atoms with E-state index in [-0.39, 0.29) is 23.0 Å². The third kappa shape index (κ3) is 6.82. The second-order valence-corrected chi connectivity index (χ2v) is 15.8. The standard InChI is InChI=1S/C38H58FNO3/c1-38-24-33(39)37-31-17-16-30(41)23-29(31)22-28(36(37)32(38)18-19-34(38)42)14-8-9-21-40(25-27-12-6-3-7-13-27)35(43)20-15-26-10-4-2-5-11-26/h16-17,23,26-28,32-34,36-37,41-42H,2-15,18-22,24-25H2,1H3/t28-,32+,33+,34+,36+,37+,38+/m1/s1. The molecule has 1 amide bonds. The summed E-state index contributed by atoms with van der Waals surface area (Å²) >= 11 is 0. The molecule has 2 N–H and O–H groups in total. The number of hydrogen-bond donors (Lipinski definition) is 2. The van der Waals surface area contributed by atoms with Crippen LogP contribution in [0.5, 0.6) is 5.75 Å². The molecule has 1 aromatic carbocycles. The number of hydrogen-bond acceptors (Lipinski definition) is 3. The van der Waals surface area contributed by atoms with E-state index in [4.69, 9.17) is 0 Å². The molecule has 0 radical (unpaired) electrons. The van der Waals surface area contributed by atoms with E-state index in [0.717, 1.165) is 75.1 Å². The van der Waals surface area contributed by atoms with E-state index >= 15 is 4.39 Å². The van der Waals surface area contributed by atoms with Gasteiger partial charge in [-0.2, -0.15) is 0 Å². The van der Waals surface area contributed by atoms with E-state index in [1.807, 2.05) is 12.1 Å². The van der Waals surface area contributed by atoms with E-state index in [1.54, 1.807) is 6.07 Å². The lowest BCUT2D eigenvalue weighted by Crippen LogP contribution is -2.51. The Morgan fingerprint density at radius 1 is 0.953 bits per heavy atom. The Balaban J connectivity index is 1.11. The van der Waals surface area contributed by atoms with Gasteiger partial charge in [0.25, 0.3) is 0 Å². The van der Waals surface area contributed by atoms with Gasteiger partial charge in [-0.1, -0.05) is 70.8 Å². The highest BCUT2D eigenvalue weighted by Gasteiger charge is 2.59. The van der Waals surface area contributed by atoms with E-state index in [9.17, 15) is 15.0 Å².